The fourth-order valence-electron chi connectivity index (χ4n) is 3.78. The molecule has 0 aliphatic carbocycles. The Morgan fingerprint density at radius 2 is 1.81 bits per heavy atom. The maximum atomic E-state index is 13.2. The third kappa shape index (κ3) is 3.63. The van der Waals surface area contributed by atoms with Crippen molar-refractivity contribution in [2.75, 3.05) is 19.1 Å². The quantitative estimate of drug-likeness (QED) is 0.309. The van der Waals surface area contributed by atoms with E-state index in [-0.39, 0.29) is 27.7 Å². The molecule has 1 fully saturated rings. The molecule has 1 aromatic heterocycles. The number of methoxy groups -OCH3 is 2. The number of hydrogen-bond acceptors (Lipinski definition) is 6. The van der Waals surface area contributed by atoms with E-state index in [1.165, 1.54) is 42.6 Å². The highest BCUT2D eigenvalue weighted by Gasteiger charge is 2.47. The number of nitrogens with zero attached hydrogens (tertiary/aromatic N) is 1. The van der Waals surface area contributed by atoms with E-state index in [0.717, 1.165) is 10.4 Å². The van der Waals surface area contributed by atoms with Gasteiger partial charge in [0.15, 0.2) is 0 Å². The Kier molecular flexibility index (Phi) is 5.95. The Labute approximate surface area is 194 Å². The third-order valence-electron chi connectivity index (χ3n) is 5.27. The van der Waals surface area contributed by atoms with Crippen LogP contribution in [0.15, 0.2) is 59.5 Å². The second kappa shape index (κ2) is 8.68. The number of Topliss-reactive ketones (excluding diaryl/α,β-unsaturated/α-hetero) is 1. The first-order valence-electron chi connectivity index (χ1n) is 9.70. The zero-order valence-electron chi connectivity index (χ0n) is 17.6. The van der Waals surface area contributed by atoms with Crippen LogP contribution in [0.4, 0.5) is 5.69 Å². The van der Waals surface area contributed by atoms with E-state index < -0.39 is 17.7 Å². The first-order chi connectivity index (χ1) is 15.4. The molecule has 0 spiro atoms. The van der Waals surface area contributed by atoms with Gasteiger partial charge in [-0.1, -0.05) is 29.8 Å². The second-order valence-corrected chi connectivity index (χ2v) is 8.60. The highest BCUT2D eigenvalue weighted by molar-refractivity contribution is 7.10. The van der Waals surface area contributed by atoms with Gasteiger partial charge in [-0.25, -0.2) is 0 Å². The molecule has 8 heteroatoms. The molecule has 2 aromatic carbocycles. The number of ether oxygens (including phenoxy) is 2. The molecule has 0 bridgehead atoms. The summed E-state index contributed by atoms with van der Waals surface area (Å²) in [5, 5.41) is 13.4. The standard InChI is InChI=1S/C24H20ClNO5S/c1-13-6-4-7-14(10-13)26-21(19-8-5-9-32-19)20(23(28)24(26)29)22(27)15-11-16(25)18(31-3)12-17(15)30-2/h4-12,21,27H,1-3H3/b22-20-. The molecule has 1 saturated heterocycles. The number of carbonyl (C=O) groups excluding carboxylic acids is 2. The number of aliphatic hydroxyl groups excluding tert-OH is 1. The van der Waals surface area contributed by atoms with Gasteiger partial charge in [-0.2, -0.15) is 0 Å². The van der Waals surface area contributed by atoms with Crippen LogP contribution < -0.4 is 14.4 Å². The molecule has 1 unspecified atom stereocenters. The monoisotopic (exact) mass is 469 g/mol. The Balaban J connectivity index is 1.96. The molecule has 1 amide bonds. The number of aliphatic hydroxyl groups is 1. The third-order valence-corrected chi connectivity index (χ3v) is 6.49. The zero-order valence-corrected chi connectivity index (χ0v) is 19.2. The summed E-state index contributed by atoms with van der Waals surface area (Å²) in [6.45, 7) is 1.91. The molecule has 1 aliphatic heterocycles. The lowest BCUT2D eigenvalue weighted by molar-refractivity contribution is -0.132. The van der Waals surface area contributed by atoms with Crippen molar-refractivity contribution in [2.45, 2.75) is 13.0 Å². The van der Waals surface area contributed by atoms with Crippen molar-refractivity contribution in [3.8, 4) is 11.5 Å². The van der Waals surface area contributed by atoms with E-state index in [1.54, 1.807) is 6.07 Å². The van der Waals surface area contributed by atoms with Gasteiger partial charge in [0.25, 0.3) is 11.7 Å². The molecule has 164 valence electrons. The number of benzene rings is 2. The highest BCUT2D eigenvalue weighted by Crippen LogP contribution is 2.45. The minimum atomic E-state index is -0.789. The number of thiophene rings is 1. The topological polar surface area (TPSA) is 76.1 Å². The number of aryl methyl sites for hydroxylation is 1. The molecule has 4 rings (SSSR count). The van der Waals surface area contributed by atoms with Gasteiger partial charge in [-0.15, -0.1) is 11.3 Å². The molecule has 32 heavy (non-hydrogen) atoms. The number of amides is 1. The van der Waals surface area contributed by atoms with E-state index in [9.17, 15) is 14.7 Å². The lowest BCUT2D eigenvalue weighted by atomic mass is 9.99. The van der Waals surface area contributed by atoms with Gasteiger partial charge in [0.1, 0.15) is 23.3 Å². The molecule has 6 nitrogen and oxygen atoms in total. The predicted octanol–water partition coefficient (Wildman–Crippen LogP) is 5.35. The first-order valence-corrected chi connectivity index (χ1v) is 11.0. The van der Waals surface area contributed by atoms with Crippen LogP contribution in [0.1, 0.15) is 22.0 Å². The van der Waals surface area contributed by atoms with Crippen molar-refractivity contribution >= 4 is 46.1 Å². The summed E-state index contributed by atoms with van der Waals surface area (Å²) in [4.78, 5) is 28.5. The van der Waals surface area contributed by atoms with Crippen LogP contribution in [0, 0.1) is 6.92 Å². The Morgan fingerprint density at radius 1 is 1.06 bits per heavy atom. The summed E-state index contributed by atoms with van der Waals surface area (Å²) in [6, 6.07) is 13.2. The Morgan fingerprint density at radius 3 is 2.44 bits per heavy atom. The average molecular weight is 470 g/mol. The van der Waals surface area contributed by atoms with Crippen molar-refractivity contribution in [1.29, 1.82) is 0 Å². The van der Waals surface area contributed by atoms with E-state index >= 15 is 0 Å². The summed E-state index contributed by atoms with van der Waals surface area (Å²) < 4.78 is 10.6. The van der Waals surface area contributed by atoms with Crippen molar-refractivity contribution in [3.05, 3.63) is 80.5 Å². The number of anilines is 1. The van der Waals surface area contributed by atoms with Gasteiger partial charge in [0, 0.05) is 16.6 Å². The molecule has 1 aliphatic rings. The molecular weight excluding hydrogens is 450 g/mol. The lowest BCUT2D eigenvalue weighted by Crippen LogP contribution is -2.29. The minimum absolute atomic E-state index is 0.0292. The van der Waals surface area contributed by atoms with Crippen molar-refractivity contribution in [2.24, 2.45) is 0 Å². The largest absolute Gasteiger partial charge is 0.507 e. The molecular formula is C24H20ClNO5S. The molecule has 1 atom stereocenters. The van der Waals surface area contributed by atoms with Crippen LogP contribution in [-0.4, -0.2) is 31.0 Å². The van der Waals surface area contributed by atoms with Crippen LogP contribution >= 0.6 is 22.9 Å². The van der Waals surface area contributed by atoms with Crippen LogP contribution in [0.5, 0.6) is 11.5 Å². The fourth-order valence-corrected chi connectivity index (χ4v) is 4.85. The van der Waals surface area contributed by atoms with Crippen molar-refractivity contribution < 1.29 is 24.2 Å². The number of ketones is 1. The molecule has 0 radical (unpaired) electrons. The number of hydrogen-bond donors (Lipinski definition) is 1. The fraction of sp³-hybridized carbons (Fsp3) is 0.167. The van der Waals surface area contributed by atoms with Crippen LogP contribution in [0.3, 0.4) is 0 Å². The van der Waals surface area contributed by atoms with E-state index in [2.05, 4.69) is 0 Å². The number of halogens is 1. The maximum absolute atomic E-state index is 13.2. The minimum Gasteiger partial charge on any atom is -0.507 e. The smallest absolute Gasteiger partial charge is 0.300 e. The van der Waals surface area contributed by atoms with Crippen LogP contribution in [-0.2, 0) is 9.59 Å². The summed E-state index contributed by atoms with van der Waals surface area (Å²) >= 11 is 7.67. The SMILES string of the molecule is COc1cc(OC)c(/C(O)=C2/C(=O)C(=O)N(c3cccc(C)c3)C2c2cccs2)cc1Cl. The maximum Gasteiger partial charge on any atom is 0.300 e. The van der Waals surface area contributed by atoms with Crippen LogP contribution in [0.2, 0.25) is 5.02 Å². The molecule has 0 saturated carbocycles. The molecule has 1 N–H and O–H groups in total. The highest BCUT2D eigenvalue weighted by atomic mass is 35.5. The Hall–Kier alpha value is -3.29. The van der Waals surface area contributed by atoms with Gasteiger partial charge >= 0.3 is 0 Å². The van der Waals surface area contributed by atoms with Crippen LogP contribution in [0.25, 0.3) is 5.76 Å². The van der Waals surface area contributed by atoms with Gasteiger partial charge in [-0.05, 0) is 42.1 Å². The first kappa shape index (κ1) is 21.9. The number of carbonyl (C=O) groups is 2. The van der Waals surface area contributed by atoms with E-state index in [0.29, 0.717) is 11.4 Å². The summed E-state index contributed by atoms with van der Waals surface area (Å²) in [5.74, 6) is -1.24. The van der Waals surface area contributed by atoms with Gasteiger partial charge < -0.3 is 14.6 Å². The molecule has 2 heterocycles. The van der Waals surface area contributed by atoms with Crippen molar-refractivity contribution in [3.63, 3.8) is 0 Å². The van der Waals surface area contributed by atoms with E-state index in [4.69, 9.17) is 21.1 Å². The summed E-state index contributed by atoms with van der Waals surface area (Å²) in [7, 11) is 2.89. The lowest BCUT2D eigenvalue weighted by Gasteiger charge is -2.24. The van der Waals surface area contributed by atoms with Gasteiger partial charge in [-0.3, -0.25) is 14.5 Å². The summed E-state index contributed by atoms with van der Waals surface area (Å²) in [6.07, 6.45) is 0. The van der Waals surface area contributed by atoms with E-state index in [1.807, 2.05) is 42.6 Å². The predicted molar refractivity (Wildman–Crippen MR) is 125 cm³/mol. The van der Waals surface area contributed by atoms with Gasteiger partial charge in [0.2, 0.25) is 0 Å². The second-order valence-electron chi connectivity index (χ2n) is 7.21. The molecule has 3 aromatic rings. The summed E-state index contributed by atoms with van der Waals surface area (Å²) in [5.41, 5.74) is 1.68. The Bertz CT molecular complexity index is 1240. The number of rotatable bonds is 5. The van der Waals surface area contributed by atoms with Crippen molar-refractivity contribution in [1.82, 2.24) is 0 Å². The average Bonchev–Trinajstić information content (AvgIpc) is 3.40. The van der Waals surface area contributed by atoms with Gasteiger partial charge in [0.05, 0.1) is 30.4 Å². The normalized spacial score (nSPS) is 17.6. The zero-order chi connectivity index (χ0) is 23.0.